The van der Waals surface area contributed by atoms with Gasteiger partial charge in [-0.05, 0) is 135 Å². The molecule has 0 saturated heterocycles. The van der Waals surface area contributed by atoms with Crippen molar-refractivity contribution in [3.05, 3.63) is 79.9 Å². The number of rotatable bonds is 11. The predicted octanol–water partition coefficient (Wildman–Crippen LogP) is 10.8. The smallest absolute Gasteiger partial charge is 0.0579 e. The molecular formula is C36H51N. The van der Waals surface area contributed by atoms with Gasteiger partial charge in [0, 0.05) is 0 Å². The number of benzene rings is 2. The summed E-state index contributed by atoms with van der Waals surface area (Å²) in [5.74, 6) is 0. The van der Waals surface area contributed by atoms with Crippen LogP contribution in [0.4, 0.5) is 0 Å². The Morgan fingerprint density at radius 2 is 0.946 bits per heavy atom. The molecule has 2 aromatic rings. The van der Waals surface area contributed by atoms with E-state index in [4.69, 9.17) is 0 Å². The zero-order chi connectivity index (χ0) is 26.9. The van der Waals surface area contributed by atoms with Gasteiger partial charge in [-0.25, -0.2) is 0 Å². The number of nitrogens with zero attached hydrogens (tertiary/aromatic N) is 1. The van der Waals surface area contributed by atoms with Gasteiger partial charge >= 0.3 is 0 Å². The summed E-state index contributed by atoms with van der Waals surface area (Å²) in [7, 11) is 0. The van der Waals surface area contributed by atoms with Crippen molar-refractivity contribution in [3.8, 4) is 0 Å². The van der Waals surface area contributed by atoms with E-state index in [-0.39, 0.29) is 0 Å². The van der Waals surface area contributed by atoms with Crippen molar-refractivity contribution in [3.63, 3.8) is 0 Å². The van der Waals surface area contributed by atoms with E-state index in [1.54, 1.807) is 11.1 Å². The number of hydrogen-bond donors (Lipinski definition) is 0. The Hall–Kier alpha value is -2.12. The molecule has 0 aromatic heterocycles. The minimum atomic E-state index is 0.360. The average molecular weight is 498 g/mol. The average Bonchev–Trinajstić information content (AvgIpc) is 3.28. The Morgan fingerprint density at radius 3 is 1.38 bits per heavy atom. The van der Waals surface area contributed by atoms with Crippen molar-refractivity contribution in [1.29, 1.82) is 0 Å². The topological polar surface area (TPSA) is 3.24 Å². The van der Waals surface area contributed by atoms with Gasteiger partial charge in [0.15, 0.2) is 0 Å². The number of unbranched alkanes of at least 4 members (excludes halogenated alkanes) is 7. The van der Waals surface area contributed by atoms with Gasteiger partial charge in [0.05, 0.1) is 12.1 Å². The second-order valence-electron chi connectivity index (χ2n) is 12.1. The van der Waals surface area contributed by atoms with E-state index < -0.39 is 0 Å². The zero-order valence-electron chi connectivity index (χ0n) is 25.3. The molecule has 0 spiro atoms. The van der Waals surface area contributed by atoms with Crippen LogP contribution in [0, 0.1) is 27.7 Å². The van der Waals surface area contributed by atoms with Crippen LogP contribution >= 0.6 is 0 Å². The molecule has 0 fully saturated rings. The van der Waals surface area contributed by atoms with Crippen LogP contribution in [0.3, 0.4) is 0 Å². The Balaban J connectivity index is 1.69. The first-order valence-corrected chi connectivity index (χ1v) is 15.0. The second-order valence-corrected chi connectivity index (χ2v) is 12.1. The molecule has 0 saturated carbocycles. The van der Waals surface area contributed by atoms with Crippen LogP contribution in [0.2, 0.25) is 0 Å². The Bertz CT molecular complexity index is 1120. The molecule has 0 radical (unpaired) electrons. The van der Waals surface area contributed by atoms with Gasteiger partial charge in [0.1, 0.15) is 0 Å². The van der Waals surface area contributed by atoms with Gasteiger partial charge in [0.25, 0.3) is 0 Å². The highest BCUT2D eigenvalue weighted by Crippen LogP contribution is 2.53. The molecule has 1 heteroatoms. The number of aryl methyl sites for hydroxylation is 2. The first-order chi connectivity index (χ1) is 17.7. The molecule has 37 heavy (non-hydrogen) atoms. The molecule has 2 unspecified atom stereocenters. The van der Waals surface area contributed by atoms with Gasteiger partial charge in [0.2, 0.25) is 0 Å². The van der Waals surface area contributed by atoms with E-state index in [1.807, 2.05) is 0 Å². The van der Waals surface area contributed by atoms with Crippen LogP contribution in [-0.4, -0.2) is 11.4 Å². The molecule has 2 aliphatic rings. The lowest BCUT2D eigenvalue weighted by molar-refractivity contribution is 0.175. The number of hydrogen-bond acceptors (Lipinski definition) is 1. The number of allylic oxidation sites excluding steroid dienone is 2. The van der Waals surface area contributed by atoms with Gasteiger partial charge in [-0.3, -0.25) is 4.90 Å². The summed E-state index contributed by atoms with van der Waals surface area (Å²) in [5, 5.41) is 0. The first kappa shape index (κ1) is 27.9. The maximum atomic E-state index is 2.88. The summed E-state index contributed by atoms with van der Waals surface area (Å²) in [5.41, 5.74) is 17.9. The predicted molar refractivity (Wildman–Crippen MR) is 163 cm³/mol. The molecule has 1 nitrogen and oxygen atoms in total. The van der Waals surface area contributed by atoms with Crippen molar-refractivity contribution >= 4 is 11.1 Å². The SMILES string of the molecule is CCCCCCCCCCN(C1C(C)=C(C)c2c1ccc(C)c2C)C1C(C)=C(C)c2c1ccc(C)c2C. The van der Waals surface area contributed by atoms with Crippen molar-refractivity contribution < 1.29 is 0 Å². The molecular weight excluding hydrogens is 446 g/mol. The lowest BCUT2D eigenvalue weighted by Gasteiger charge is -2.38. The van der Waals surface area contributed by atoms with Crippen molar-refractivity contribution in [2.24, 2.45) is 0 Å². The lowest BCUT2D eigenvalue weighted by atomic mass is 9.92. The van der Waals surface area contributed by atoms with Gasteiger partial charge < -0.3 is 0 Å². The fraction of sp³-hybridized carbons (Fsp3) is 0.556. The fourth-order valence-electron chi connectivity index (χ4n) is 7.09. The summed E-state index contributed by atoms with van der Waals surface area (Å²) >= 11 is 0. The maximum absolute atomic E-state index is 2.88. The normalized spacial score (nSPS) is 18.9. The summed E-state index contributed by atoms with van der Waals surface area (Å²) in [6.07, 6.45) is 10.9. The molecule has 4 rings (SSSR count). The maximum Gasteiger partial charge on any atom is 0.0579 e. The van der Waals surface area contributed by atoms with Crippen molar-refractivity contribution in [2.45, 2.75) is 126 Å². The van der Waals surface area contributed by atoms with E-state index in [1.165, 1.54) is 107 Å². The third kappa shape index (κ3) is 5.14. The van der Waals surface area contributed by atoms with Crippen LogP contribution in [0.5, 0.6) is 0 Å². The highest BCUT2D eigenvalue weighted by atomic mass is 15.2. The molecule has 0 heterocycles. The Morgan fingerprint density at radius 1 is 0.541 bits per heavy atom. The fourth-order valence-corrected chi connectivity index (χ4v) is 7.09. The van der Waals surface area contributed by atoms with Gasteiger partial charge in [-0.2, -0.15) is 0 Å². The lowest BCUT2D eigenvalue weighted by Crippen LogP contribution is -2.34. The third-order valence-corrected chi connectivity index (χ3v) is 9.81. The Kier molecular flexibility index (Phi) is 8.85. The number of fused-ring (bicyclic) bond motifs is 2. The highest BCUT2D eigenvalue weighted by molar-refractivity contribution is 5.81. The summed E-state index contributed by atoms with van der Waals surface area (Å²) in [6.45, 7) is 22.1. The molecule has 0 amide bonds. The molecule has 0 N–H and O–H groups in total. The van der Waals surface area contributed by atoms with E-state index in [9.17, 15) is 0 Å². The highest BCUT2D eigenvalue weighted by Gasteiger charge is 2.40. The Labute approximate surface area is 228 Å². The van der Waals surface area contributed by atoms with Crippen LogP contribution < -0.4 is 0 Å². The summed E-state index contributed by atoms with van der Waals surface area (Å²) in [6, 6.07) is 10.3. The zero-order valence-corrected chi connectivity index (χ0v) is 25.3. The molecule has 2 aliphatic carbocycles. The van der Waals surface area contributed by atoms with E-state index >= 15 is 0 Å². The van der Waals surface area contributed by atoms with Crippen LogP contribution in [-0.2, 0) is 0 Å². The largest absolute Gasteiger partial charge is 0.282 e. The minimum Gasteiger partial charge on any atom is -0.282 e. The van der Waals surface area contributed by atoms with Crippen LogP contribution in [0.25, 0.3) is 11.1 Å². The van der Waals surface area contributed by atoms with Crippen LogP contribution in [0.15, 0.2) is 35.4 Å². The monoisotopic (exact) mass is 497 g/mol. The molecule has 0 aliphatic heterocycles. The van der Waals surface area contributed by atoms with E-state index in [0.29, 0.717) is 12.1 Å². The standard InChI is InChI=1S/C36H51N/c1-10-11-12-13-14-15-16-17-22-37(35-29(8)27(6)33-25(4)23(2)18-20-31(33)35)36-30(9)28(7)34-26(5)24(3)19-21-32(34)36/h18-21,35-36H,10-17,22H2,1-9H3. The summed E-state index contributed by atoms with van der Waals surface area (Å²) < 4.78 is 0. The van der Waals surface area contributed by atoms with Crippen molar-refractivity contribution in [1.82, 2.24) is 4.90 Å². The van der Waals surface area contributed by atoms with Gasteiger partial charge in [-0.15, -0.1) is 0 Å². The molecule has 0 bridgehead atoms. The second kappa shape index (κ2) is 11.7. The molecule has 2 aromatic carbocycles. The molecule has 2 atom stereocenters. The summed E-state index contributed by atoms with van der Waals surface area (Å²) in [4.78, 5) is 2.88. The minimum absolute atomic E-state index is 0.360. The quantitative estimate of drug-likeness (QED) is 0.279. The van der Waals surface area contributed by atoms with Crippen LogP contribution in [0.1, 0.15) is 143 Å². The van der Waals surface area contributed by atoms with E-state index in [2.05, 4.69) is 91.5 Å². The van der Waals surface area contributed by atoms with Gasteiger partial charge in [-0.1, -0.05) is 76.1 Å². The third-order valence-electron chi connectivity index (χ3n) is 9.81. The van der Waals surface area contributed by atoms with Crippen molar-refractivity contribution in [2.75, 3.05) is 6.54 Å². The molecule has 200 valence electrons. The first-order valence-electron chi connectivity index (χ1n) is 15.0. The van der Waals surface area contributed by atoms with E-state index in [0.717, 1.165) is 6.54 Å².